The normalized spacial score (nSPS) is 9.94. The average molecular weight is 245 g/mol. The third-order valence-corrected chi connectivity index (χ3v) is 3.27. The molecule has 6 heteroatoms. The van der Waals surface area contributed by atoms with Crippen molar-refractivity contribution in [2.45, 2.75) is 20.4 Å². The molecule has 5 nitrogen and oxygen atoms in total. The van der Waals surface area contributed by atoms with Crippen LogP contribution < -0.4 is 5.32 Å². The molecule has 2 heterocycles. The van der Waals surface area contributed by atoms with Crippen LogP contribution in [0.1, 0.15) is 21.3 Å². The molecule has 2 aromatic rings. The summed E-state index contributed by atoms with van der Waals surface area (Å²) in [5.41, 5.74) is 1.36. The van der Waals surface area contributed by atoms with E-state index in [1.54, 1.807) is 17.5 Å². The second kappa shape index (κ2) is 4.89. The van der Waals surface area contributed by atoms with Gasteiger partial charge in [0.2, 0.25) is 0 Å². The topological polar surface area (TPSA) is 74.5 Å². The maximum atomic E-state index is 8.60. The van der Waals surface area contributed by atoms with E-state index in [4.69, 9.17) is 5.26 Å². The number of nitrogens with zero attached hydrogens (tertiary/aromatic N) is 4. The largest absolute Gasteiger partial charge is 0.364 e. The van der Waals surface area contributed by atoms with Crippen molar-refractivity contribution in [1.29, 1.82) is 5.26 Å². The highest BCUT2D eigenvalue weighted by molar-refractivity contribution is 7.11. The monoisotopic (exact) mass is 245 g/mol. The first-order chi connectivity index (χ1) is 8.19. The van der Waals surface area contributed by atoms with E-state index >= 15 is 0 Å². The standard InChI is InChI=1S/C11H11N5S/c1-7-10(17-8(2)16-7)5-15-11-6-13-9(3-12)4-14-11/h4,6H,5H2,1-2H3,(H,14,15). The molecule has 0 radical (unpaired) electrons. The lowest BCUT2D eigenvalue weighted by atomic mass is 10.4. The van der Waals surface area contributed by atoms with Crippen LogP contribution in [0.15, 0.2) is 12.4 Å². The van der Waals surface area contributed by atoms with Gasteiger partial charge in [-0.05, 0) is 13.8 Å². The molecule has 0 unspecified atom stereocenters. The summed E-state index contributed by atoms with van der Waals surface area (Å²) in [6.45, 7) is 4.66. The predicted octanol–water partition coefficient (Wildman–Crippen LogP) is 2.03. The summed E-state index contributed by atoms with van der Waals surface area (Å²) in [4.78, 5) is 13.6. The lowest BCUT2D eigenvalue weighted by Gasteiger charge is -2.03. The van der Waals surface area contributed by atoms with Crippen LogP contribution in [0.4, 0.5) is 5.82 Å². The van der Waals surface area contributed by atoms with Crippen LogP contribution in [0.25, 0.3) is 0 Å². The van der Waals surface area contributed by atoms with E-state index in [1.807, 2.05) is 19.9 Å². The first kappa shape index (κ1) is 11.5. The number of hydrogen-bond acceptors (Lipinski definition) is 6. The van der Waals surface area contributed by atoms with E-state index in [1.165, 1.54) is 11.1 Å². The average Bonchev–Trinajstić information content (AvgIpc) is 2.66. The SMILES string of the molecule is Cc1nc(C)c(CNc2cnc(C#N)cn2)s1. The smallest absolute Gasteiger partial charge is 0.158 e. The molecule has 1 N–H and O–H groups in total. The fraction of sp³-hybridized carbons (Fsp3) is 0.273. The minimum atomic E-state index is 0.320. The van der Waals surface area contributed by atoms with Crippen molar-refractivity contribution in [3.05, 3.63) is 33.7 Å². The number of nitriles is 1. The predicted molar refractivity (Wildman–Crippen MR) is 65.7 cm³/mol. The van der Waals surface area contributed by atoms with Gasteiger partial charge in [-0.2, -0.15) is 5.26 Å². The summed E-state index contributed by atoms with van der Waals surface area (Å²) in [5, 5.41) is 12.8. The quantitative estimate of drug-likeness (QED) is 0.895. The van der Waals surface area contributed by atoms with Gasteiger partial charge in [-0.1, -0.05) is 0 Å². The zero-order valence-corrected chi connectivity index (χ0v) is 10.4. The molecular weight excluding hydrogens is 234 g/mol. The van der Waals surface area contributed by atoms with Gasteiger partial charge in [-0.3, -0.25) is 0 Å². The van der Waals surface area contributed by atoms with E-state index in [0.29, 0.717) is 18.1 Å². The number of nitrogens with one attached hydrogen (secondary N) is 1. The zero-order chi connectivity index (χ0) is 12.3. The van der Waals surface area contributed by atoms with Crippen molar-refractivity contribution in [2.24, 2.45) is 0 Å². The molecule has 0 bridgehead atoms. The lowest BCUT2D eigenvalue weighted by Crippen LogP contribution is -2.01. The minimum absolute atomic E-state index is 0.320. The van der Waals surface area contributed by atoms with Gasteiger partial charge in [0, 0.05) is 4.88 Å². The Balaban J connectivity index is 2.02. The van der Waals surface area contributed by atoms with Gasteiger partial charge in [0.25, 0.3) is 0 Å². The number of rotatable bonds is 3. The van der Waals surface area contributed by atoms with Crippen LogP contribution in [-0.2, 0) is 6.54 Å². The minimum Gasteiger partial charge on any atom is -0.364 e. The van der Waals surface area contributed by atoms with Crippen LogP contribution in [0.2, 0.25) is 0 Å². The first-order valence-corrected chi connectivity index (χ1v) is 5.89. The summed E-state index contributed by atoms with van der Waals surface area (Å²) in [5.74, 6) is 0.662. The molecular formula is C11H11N5S. The van der Waals surface area contributed by atoms with E-state index in [2.05, 4.69) is 20.3 Å². The molecule has 0 fully saturated rings. The Morgan fingerprint density at radius 1 is 1.35 bits per heavy atom. The highest BCUT2D eigenvalue weighted by atomic mass is 32.1. The van der Waals surface area contributed by atoms with Crippen LogP contribution >= 0.6 is 11.3 Å². The van der Waals surface area contributed by atoms with Crippen LogP contribution in [0, 0.1) is 25.2 Å². The maximum Gasteiger partial charge on any atom is 0.158 e. The number of thiazole rings is 1. The molecule has 0 saturated heterocycles. The van der Waals surface area contributed by atoms with Gasteiger partial charge in [0.15, 0.2) is 5.69 Å². The first-order valence-electron chi connectivity index (χ1n) is 5.08. The molecule has 0 spiro atoms. The van der Waals surface area contributed by atoms with E-state index in [-0.39, 0.29) is 0 Å². The Morgan fingerprint density at radius 3 is 2.71 bits per heavy atom. The summed E-state index contributed by atoms with van der Waals surface area (Å²) < 4.78 is 0. The van der Waals surface area contributed by atoms with Gasteiger partial charge in [0.1, 0.15) is 11.9 Å². The second-order valence-electron chi connectivity index (χ2n) is 3.49. The van der Waals surface area contributed by atoms with E-state index < -0.39 is 0 Å². The Hall–Kier alpha value is -2.00. The number of aromatic nitrogens is 3. The second-order valence-corrected chi connectivity index (χ2v) is 4.78. The molecule has 0 aromatic carbocycles. The third-order valence-electron chi connectivity index (χ3n) is 2.20. The molecule has 0 amide bonds. The summed E-state index contributed by atoms with van der Waals surface area (Å²) in [6.07, 6.45) is 3.01. The van der Waals surface area contributed by atoms with Crippen LogP contribution in [0.5, 0.6) is 0 Å². The summed E-state index contributed by atoms with van der Waals surface area (Å²) >= 11 is 1.67. The zero-order valence-electron chi connectivity index (χ0n) is 9.56. The Morgan fingerprint density at radius 2 is 2.18 bits per heavy atom. The maximum absolute atomic E-state index is 8.60. The Kier molecular flexibility index (Phi) is 3.30. The molecule has 2 rings (SSSR count). The van der Waals surface area contributed by atoms with Crippen molar-refractivity contribution < 1.29 is 0 Å². The molecule has 0 aliphatic heterocycles. The summed E-state index contributed by atoms with van der Waals surface area (Å²) in [7, 11) is 0. The van der Waals surface area contributed by atoms with Gasteiger partial charge >= 0.3 is 0 Å². The third kappa shape index (κ3) is 2.77. The molecule has 86 valence electrons. The van der Waals surface area contributed by atoms with Gasteiger partial charge < -0.3 is 5.32 Å². The molecule has 2 aromatic heterocycles. The van der Waals surface area contributed by atoms with Crippen LogP contribution in [-0.4, -0.2) is 15.0 Å². The van der Waals surface area contributed by atoms with E-state index in [0.717, 1.165) is 10.7 Å². The van der Waals surface area contributed by atoms with Gasteiger partial charge in [0.05, 0.1) is 29.6 Å². The highest BCUT2D eigenvalue weighted by Gasteiger charge is 2.04. The number of hydrogen-bond donors (Lipinski definition) is 1. The fourth-order valence-corrected chi connectivity index (χ4v) is 2.26. The van der Waals surface area contributed by atoms with E-state index in [9.17, 15) is 0 Å². The number of anilines is 1. The van der Waals surface area contributed by atoms with Crippen molar-refractivity contribution in [3.63, 3.8) is 0 Å². The molecule has 0 aliphatic carbocycles. The molecule has 0 saturated carbocycles. The van der Waals surface area contributed by atoms with Crippen molar-refractivity contribution in [2.75, 3.05) is 5.32 Å². The molecule has 0 aliphatic rings. The molecule has 17 heavy (non-hydrogen) atoms. The highest BCUT2D eigenvalue weighted by Crippen LogP contribution is 2.18. The Bertz CT molecular complexity index is 552. The van der Waals surface area contributed by atoms with Crippen molar-refractivity contribution in [3.8, 4) is 6.07 Å². The fourth-order valence-electron chi connectivity index (χ4n) is 1.39. The molecule has 0 atom stereocenters. The van der Waals surface area contributed by atoms with Crippen LogP contribution in [0.3, 0.4) is 0 Å². The lowest BCUT2D eigenvalue weighted by molar-refractivity contribution is 1.07. The Labute approximate surface area is 103 Å². The van der Waals surface area contributed by atoms with Gasteiger partial charge in [-0.15, -0.1) is 11.3 Å². The van der Waals surface area contributed by atoms with Crippen molar-refractivity contribution in [1.82, 2.24) is 15.0 Å². The number of aryl methyl sites for hydroxylation is 2. The van der Waals surface area contributed by atoms with Gasteiger partial charge in [-0.25, -0.2) is 15.0 Å². The van der Waals surface area contributed by atoms with Crippen molar-refractivity contribution >= 4 is 17.2 Å². The summed E-state index contributed by atoms with van der Waals surface area (Å²) in [6, 6.07) is 1.93.